The molecule has 2 N–H and O–H groups in total. The number of nitrogens with one attached hydrogen (secondary N) is 1. The molecule has 0 spiro atoms. The van der Waals surface area contributed by atoms with Gasteiger partial charge >= 0.3 is 6.09 Å². The molecular formula is C12H14FN3O3. The van der Waals surface area contributed by atoms with Gasteiger partial charge in [0, 0.05) is 19.3 Å². The highest BCUT2D eigenvalue weighted by molar-refractivity contribution is 5.80. The molecule has 19 heavy (non-hydrogen) atoms. The lowest BCUT2D eigenvalue weighted by Gasteiger charge is -2.12. The van der Waals surface area contributed by atoms with E-state index in [-0.39, 0.29) is 30.6 Å². The van der Waals surface area contributed by atoms with Gasteiger partial charge in [0.15, 0.2) is 0 Å². The van der Waals surface area contributed by atoms with E-state index in [1.807, 2.05) is 0 Å². The summed E-state index contributed by atoms with van der Waals surface area (Å²) in [6.07, 6.45) is 0.917. The van der Waals surface area contributed by atoms with Crippen LogP contribution in [-0.2, 0) is 11.3 Å². The standard InChI is InChI=1S/C12H14FN3O3/c13-9-2-1-4-14-10(9)6-15-11(17)8-3-5-16(7-8)12(18)19/h1-2,4,8H,3,5-7H2,(H,15,17)(H,18,19)/t8-/m0/s1. The van der Waals surface area contributed by atoms with E-state index in [9.17, 15) is 14.0 Å². The second-order valence-corrected chi connectivity index (χ2v) is 4.36. The van der Waals surface area contributed by atoms with Crippen molar-refractivity contribution in [2.75, 3.05) is 13.1 Å². The first-order valence-corrected chi connectivity index (χ1v) is 5.93. The maximum Gasteiger partial charge on any atom is 0.407 e. The molecule has 1 fully saturated rings. The molecular weight excluding hydrogens is 253 g/mol. The lowest BCUT2D eigenvalue weighted by molar-refractivity contribution is -0.124. The van der Waals surface area contributed by atoms with Crippen molar-refractivity contribution in [3.8, 4) is 0 Å². The third-order valence-corrected chi connectivity index (χ3v) is 3.09. The number of amides is 2. The number of carbonyl (C=O) groups excluding carboxylic acids is 1. The Hall–Kier alpha value is -2.18. The van der Waals surface area contributed by atoms with Gasteiger partial charge in [-0.05, 0) is 18.6 Å². The highest BCUT2D eigenvalue weighted by Crippen LogP contribution is 2.16. The number of likely N-dealkylation sites (tertiary alicyclic amines) is 1. The summed E-state index contributed by atoms with van der Waals surface area (Å²) in [5.74, 6) is -1.11. The molecule has 0 saturated carbocycles. The predicted octanol–water partition coefficient (Wildman–Crippen LogP) is 0.837. The van der Waals surface area contributed by atoms with Crippen LogP contribution in [0.3, 0.4) is 0 Å². The van der Waals surface area contributed by atoms with Gasteiger partial charge in [-0.1, -0.05) is 0 Å². The molecule has 2 rings (SSSR count). The van der Waals surface area contributed by atoms with E-state index in [1.54, 1.807) is 0 Å². The molecule has 0 aromatic carbocycles. The summed E-state index contributed by atoms with van der Waals surface area (Å²) in [6, 6.07) is 2.75. The van der Waals surface area contributed by atoms with Crippen molar-refractivity contribution in [1.82, 2.24) is 15.2 Å². The maximum atomic E-state index is 13.3. The van der Waals surface area contributed by atoms with E-state index in [4.69, 9.17) is 5.11 Å². The molecule has 1 aromatic rings. The van der Waals surface area contributed by atoms with Crippen LogP contribution in [0.4, 0.5) is 9.18 Å². The predicted molar refractivity (Wildman–Crippen MR) is 63.7 cm³/mol. The third-order valence-electron chi connectivity index (χ3n) is 3.09. The van der Waals surface area contributed by atoms with E-state index in [1.165, 1.54) is 23.2 Å². The summed E-state index contributed by atoms with van der Waals surface area (Å²) < 4.78 is 13.3. The Morgan fingerprint density at radius 3 is 3.00 bits per heavy atom. The molecule has 102 valence electrons. The van der Waals surface area contributed by atoms with Crippen LogP contribution in [-0.4, -0.2) is 40.1 Å². The number of rotatable bonds is 3. The molecule has 1 aliphatic rings. The second-order valence-electron chi connectivity index (χ2n) is 4.36. The van der Waals surface area contributed by atoms with Crippen LogP contribution in [0.2, 0.25) is 0 Å². The fourth-order valence-corrected chi connectivity index (χ4v) is 2.01. The van der Waals surface area contributed by atoms with Crippen molar-refractivity contribution in [2.45, 2.75) is 13.0 Å². The van der Waals surface area contributed by atoms with E-state index >= 15 is 0 Å². The van der Waals surface area contributed by atoms with Gasteiger partial charge in [0.1, 0.15) is 5.82 Å². The molecule has 1 atom stereocenters. The van der Waals surface area contributed by atoms with Gasteiger partial charge in [-0.3, -0.25) is 9.78 Å². The van der Waals surface area contributed by atoms with Crippen molar-refractivity contribution < 1.29 is 19.1 Å². The molecule has 2 heterocycles. The molecule has 7 heteroatoms. The summed E-state index contributed by atoms with van der Waals surface area (Å²) >= 11 is 0. The Kier molecular flexibility index (Phi) is 3.94. The van der Waals surface area contributed by atoms with Crippen LogP contribution >= 0.6 is 0 Å². The number of aromatic nitrogens is 1. The summed E-state index contributed by atoms with van der Waals surface area (Å²) in [6.45, 7) is 0.548. The lowest BCUT2D eigenvalue weighted by Crippen LogP contribution is -2.34. The van der Waals surface area contributed by atoms with Gasteiger partial charge in [-0.25, -0.2) is 9.18 Å². The Morgan fingerprint density at radius 2 is 2.37 bits per heavy atom. The van der Waals surface area contributed by atoms with Crippen LogP contribution in [0.15, 0.2) is 18.3 Å². The van der Waals surface area contributed by atoms with E-state index in [0.29, 0.717) is 13.0 Å². The minimum Gasteiger partial charge on any atom is -0.465 e. The first kappa shape index (κ1) is 13.3. The zero-order chi connectivity index (χ0) is 13.8. The van der Waals surface area contributed by atoms with Gasteiger partial charge in [0.05, 0.1) is 18.2 Å². The SMILES string of the molecule is O=C(NCc1ncccc1F)[C@H]1CCN(C(=O)O)C1. The van der Waals surface area contributed by atoms with Crippen LogP contribution in [0, 0.1) is 11.7 Å². The maximum absolute atomic E-state index is 13.3. The van der Waals surface area contributed by atoms with Crippen molar-refractivity contribution >= 4 is 12.0 Å². The van der Waals surface area contributed by atoms with Crippen LogP contribution < -0.4 is 5.32 Å². The monoisotopic (exact) mass is 267 g/mol. The lowest BCUT2D eigenvalue weighted by atomic mass is 10.1. The first-order chi connectivity index (χ1) is 9.08. The highest BCUT2D eigenvalue weighted by Gasteiger charge is 2.30. The van der Waals surface area contributed by atoms with E-state index in [0.717, 1.165) is 0 Å². The molecule has 0 aliphatic carbocycles. The minimum atomic E-state index is -1.02. The molecule has 6 nitrogen and oxygen atoms in total. The molecule has 1 aromatic heterocycles. The summed E-state index contributed by atoms with van der Waals surface area (Å²) in [7, 11) is 0. The topological polar surface area (TPSA) is 82.5 Å². The average Bonchev–Trinajstić information content (AvgIpc) is 2.87. The number of nitrogens with zero attached hydrogens (tertiary/aromatic N) is 2. The third kappa shape index (κ3) is 3.18. The van der Waals surface area contributed by atoms with E-state index in [2.05, 4.69) is 10.3 Å². The molecule has 0 radical (unpaired) electrons. The average molecular weight is 267 g/mol. The van der Waals surface area contributed by atoms with Gasteiger partial charge in [-0.15, -0.1) is 0 Å². The van der Waals surface area contributed by atoms with Gasteiger partial charge in [-0.2, -0.15) is 0 Å². The Labute approximate surface area is 109 Å². The summed E-state index contributed by atoms with van der Waals surface area (Å²) in [5.41, 5.74) is 0.170. The first-order valence-electron chi connectivity index (χ1n) is 5.93. The van der Waals surface area contributed by atoms with Crippen molar-refractivity contribution in [1.29, 1.82) is 0 Å². The van der Waals surface area contributed by atoms with Crippen molar-refractivity contribution in [3.63, 3.8) is 0 Å². The number of hydrogen-bond donors (Lipinski definition) is 2. The zero-order valence-corrected chi connectivity index (χ0v) is 10.2. The fraction of sp³-hybridized carbons (Fsp3) is 0.417. The minimum absolute atomic E-state index is 0.00901. The smallest absolute Gasteiger partial charge is 0.407 e. The number of carboxylic acid groups (broad SMARTS) is 1. The Morgan fingerprint density at radius 1 is 1.58 bits per heavy atom. The molecule has 2 amide bonds. The van der Waals surface area contributed by atoms with Gasteiger partial charge in [0.25, 0.3) is 0 Å². The second kappa shape index (κ2) is 5.64. The largest absolute Gasteiger partial charge is 0.465 e. The molecule has 1 saturated heterocycles. The quantitative estimate of drug-likeness (QED) is 0.850. The molecule has 0 unspecified atom stereocenters. The van der Waals surface area contributed by atoms with Crippen LogP contribution in [0.25, 0.3) is 0 Å². The number of halogens is 1. The van der Waals surface area contributed by atoms with Gasteiger partial charge < -0.3 is 15.3 Å². The van der Waals surface area contributed by atoms with Crippen molar-refractivity contribution in [2.24, 2.45) is 5.92 Å². The van der Waals surface area contributed by atoms with E-state index < -0.39 is 11.9 Å². The van der Waals surface area contributed by atoms with Gasteiger partial charge in [0.2, 0.25) is 5.91 Å². The Balaban J connectivity index is 1.86. The normalized spacial score (nSPS) is 18.4. The fourth-order valence-electron chi connectivity index (χ4n) is 2.01. The molecule has 0 bridgehead atoms. The number of pyridine rings is 1. The van der Waals surface area contributed by atoms with Crippen molar-refractivity contribution in [3.05, 3.63) is 29.8 Å². The number of carbonyl (C=O) groups is 2. The Bertz CT molecular complexity index is 495. The van der Waals surface area contributed by atoms with Crippen LogP contribution in [0.1, 0.15) is 12.1 Å². The van der Waals surface area contributed by atoms with Crippen LogP contribution in [0.5, 0.6) is 0 Å². The highest BCUT2D eigenvalue weighted by atomic mass is 19.1. The number of hydrogen-bond acceptors (Lipinski definition) is 3. The zero-order valence-electron chi connectivity index (χ0n) is 10.2. The summed E-state index contributed by atoms with van der Waals surface area (Å²) in [5, 5.41) is 11.4. The summed E-state index contributed by atoms with van der Waals surface area (Å²) in [4.78, 5) is 27.6. The molecule has 1 aliphatic heterocycles.